The number of fused-ring (bicyclic) bond motifs is 1. The second-order valence-electron chi connectivity index (χ2n) is 4.56. The lowest BCUT2D eigenvalue weighted by atomic mass is 10.2. The standard InChI is InChI=1S/C17H15N3/c1-13(19-20-15-8-3-2-4-9-15)16-12-11-14-7-5-6-10-17(14)18-16/h2-12,20H,1H3/b19-13+. The molecule has 0 saturated carbocycles. The van der Waals surface area contributed by atoms with E-state index in [2.05, 4.69) is 27.6 Å². The third-order valence-corrected chi connectivity index (χ3v) is 3.10. The third-order valence-electron chi connectivity index (χ3n) is 3.10. The van der Waals surface area contributed by atoms with Crippen molar-refractivity contribution >= 4 is 22.3 Å². The first-order valence-electron chi connectivity index (χ1n) is 6.54. The van der Waals surface area contributed by atoms with Gasteiger partial charge in [0, 0.05) is 5.39 Å². The van der Waals surface area contributed by atoms with Crippen LogP contribution in [-0.2, 0) is 0 Å². The van der Waals surface area contributed by atoms with Gasteiger partial charge in [0.1, 0.15) is 0 Å². The predicted molar refractivity (Wildman–Crippen MR) is 84.0 cm³/mol. The lowest BCUT2D eigenvalue weighted by Crippen LogP contribution is -2.02. The first-order valence-corrected chi connectivity index (χ1v) is 6.54. The van der Waals surface area contributed by atoms with Crippen molar-refractivity contribution in [3.05, 3.63) is 72.4 Å². The van der Waals surface area contributed by atoms with Crippen LogP contribution in [0.2, 0.25) is 0 Å². The number of hydrogen-bond donors (Lipinski definition) is 1. The smallest absolute Gasteiger partial charge is 0.0867 e. The molecule has 3 heteroatoms. The van der Waals surface area contributed by atoms with Crippen molar-refractivity contribution in [2.24, 2.45) is 5.10 Å². The van der Waals surface area contributed by atoms with Gasteiger partial charge in [0.05, 0.1) is 22.6 Å². The molecule has 2 aromatic carbocycles. The highest BCUT2D eigenvalue weighted by Crippen LogP contribution is 2.12. The number of aromatic nitrogens is 1. The molecule has 0 unspecified atom stereocenters. The Morgan fingerprint density at radius 1 is 0.900 bits per heavy atom. The number of benzene rings is 2. The zero-order valence-corrected chi connectivity index (χ0v) is 11.2. The highest BCUT2D eigenvalue weighted by atomic mass is 15.3. The van der Waals surface area contributed by atoms with E-state index < -0.39 is 0 Å². The van der Waals surface area contributed by atoms with Crippen LogP contribution < -0.4 is 5.43 Å². The topological polar surface area (TPSA) is 37.3 Å². The Balaban J connectivity index is 1.86. The van der Waals surface area contributed by atoms with Gasteiger partial charge >= 0.3 is 0 Å². The van der Waals surface area contributed by atoms with E-state index in [0.717, 1.165) is 28.0 Å². The summed E-state index contributed by atoms with van der Waals surface area (Å²) in [5.74, 6) is 0. The van der Waals surface area contributed by atoms with Gasteiger partial charge in [-0.15, -0.1) is 0 Å². The van der Waals surface area contributed by atoms with E-state index >= 15 is 0 Å². The predicted octanol–water partition coefficient (Wildman–Crippen LogP) is 4.07. The molecule has 3 aromatic rings. The summed E-state index contributed by atoms with van der Waals surface area (Å²) in [4.78, 5) is 4.62. The van der Waals surface area contributed by atoms with E-state index in [9.17, 15) is 0 Å². The Labute approximate surface area is 118 Å². The van der Waals surface area contributed by atoms with Crippen LogP contribution >= 0.6 is 0 Å². The molecule has 20 heavy (non-hydrogen) atoms. The molecule has 0 atom stereocenters. The molecule has 0 saturated heterocycles. The molecular weight excluding hydrogens is 246 g/mol. The van der Waals surface area contributed by atoms with Crippen LogP contribution in [0, 0.1) is 0 Å². The Kier molecular flexibility index (Phi) is 3.42. The minimum absolute atomic E-state index is 0.861. The van der Waals surface area contributed by atoms with Crippen molar-refractivity contribution in [2.45, 2.75) is 6.92 Å². The summed E-state index contributed by atoms with van der Waals surface area (Å²) < 4.78 is 0. The molecule has 3 nitrogen and oxygen atoms in total. The molecule has 0 aliphatic rings. The Morgan fingerprint density at radius 3 is 2.50 bits per heavy atom. The molecule has 0 radical (unpaired) electrons. The Bertz CT molecular complexity index is 748. The fourth-order valence-electron chi connectivity index (χ4n) is 1.99. The van der Waals surface area contributed by atoms with Crippen molar-refractivity contribution in [1.82, 2.24) is 4.98 Å². The van der Waals surface area contributed by atoms with Gasteiger partial charge in [0.2, 0.25) is 0 Å². The number of anilines is 1. The summed E-state index contributed by atoms with van der Waals surface area (Å²) in [7, 11) is 0. The maximum Gasteiger partial charge on any atom is 0.0867 e. The molecule has 3 rings (SSSR count). The van der Waals surface area contributed by atoms with Crippen molar-refractivity contribution < 1.29 is 0 Å². The fraction of sp³-hybridized carbons (Fsp3) is 0.0588. The molecule has 0 bridgehead atoms. The highest BCUT2D eigenvalue weighted by Gasteiger charge is 2.01. The van der Waals surface area contributed by atoms with Crippen LogP contribution in [0.3, 0.4) is 0 Å². The number of rotatable bonds is 3. The van der Waals surface area contributed by atoms with Crippen LogP contribution in [0.4, 0.5) is 5.69 Å². The third kappa shape index (κ3) is 2.67. The summed E-state index contributed by atoms with van der Waals surface area (Å²) in [6.07, 6.45) is 0. The first-order chi connectivity index (χ1) is 9.83. The zero-order valence-electron chi connectivity index (χ0n) is 11.2. The molecule has 0 aliphatic carbocycles. The van der Waals surface area contributed by atoms with E-state index in [0.29, 0.717) is 0 Å². The van der Waals surface area contributed by atoms with E-state index in [4.69, 9.17) is 0 Å². The second kappa shape index (κ2) is 5.53. The normalized spacial score (nSPS) is 11.6. The van der Waals surface area contributed by atoms with Gasteiger partial charge in [-0.1, -0.05) is 42.5 Å². The molecule has 98 valence electrons. The summed E-state index contributed by atoms with van der Waals surface area (Å²) in [5, 5.41) is 5.51. The largest absolute Gasteiger partial charge is 0.278 e. The molecule has 1 heterocycles. The van der Waals surface area contributed by atoms with Crippen molar-refractivity contribution in [1.29, 1.82) is 0 Å². The van der Waals surface area contributed by atoms with Crippen molar-refractivity contribution in [3.8, 4) is 0 Å². The van der Waals surface area contributed by atoms with Crippen LogP contribution in [0.25, 0.3) is 10.9 Å². The van der Waals surface area contributed by atoms with Crippen molar-refractivity contribution in [3.63, 3.8) is 0 Å². The maximum atomic E-state index is 4.62. The summed E-state index contributed by atoms with van der Waals surface area (Å²) in [6, 6.07) is 22.0. The fourth-order valence-corrected chi connectivity index (χ4v) is 1.99. The van der Waals surface area contributed by atoms with Gasteiger partial charge in [0.25, 0.3) is 0 Å². The number of para-hydroxylation sites is 2. The zero-order chi connectivity index (χ0) is 13.8. The second-order valence-corrected chi connectivity index (χ2v) is 4.56. The lowest BCUT2D eigenvalue weighted by molar-refractivity contribution is 1.28. The van der Waals surface area contributed by atoms with Gasteiger partial charge < -0.3 is 0 Å². The van der Waals surface area contributed by atoms with Crippen molar-refractivity contribution in [2.75, 3.05) is 5.43 Å². The molecule has 0 amide bonds. The highest BCUT2D eigenvalue weighted by molar-refractivity contribution is 5.99. The van der Waals surface area contributed by atoms with Gasteiger partial charge in [-0.05, 0) is 31.2 Å². The van der Waals surface area contributed by atoms with E-state index in [1.54, 1.807) is 0 Å². The SMILES string of the molecule is C/C(=N\Nc1ccccc1)c1ccc2ccccc2n1. The molecule has 0 aliphatic heterocycles. The lowest BCUT2D eigenvalue weighted by Gasteiger charge is -2.04. The molecule has 1 aromatic heterocycles. The average Bonchev–Trinajstić information content (AvgIpc) is 2.53. The van der Waals surface area contributed by atoms with Gasteiger partial charge in [-0.25, -0.2) is 4.98 Å². The number of hydrogen-bond acceptors (Lipinski definition) is 3. The number of nitrogens with zero attached hydrogens (tertiary/aromatic N) is 2. The number of pyridine rings is 1. The number of hydrazone groups is 1. The summed E-state index contributed by atoms with van der Waals surface area (Å²) in [6.45, 7) is 1.95. The molecule has 0 fully saturated rings. The maximum absolute atomic E-state index is 4.62. The minimum Gasteiger partial charge on any atom is -0.278 e. The van der Waals surface area contributed by atoms with E-state index in [1.807, 2.05) is 61.5 Å². The Morgan fingerprint density at radius 2 is 1.65 bits per heavy atom. The summed E-state index contributed by atoms with van der Waals surface area (Å²) >= 11 is 0. The van der Waals surface area contributed by atoms with Gasteiger partial charge in [-0.2, -0.15) is 5.10 Å². The average molecular weight is 261 g/mol. The van der Waals surface area contributed by atoms with Crippen LogP contribution in [-0.4, -0.2) is 10.7 Å². The van der Waals surface area contributed by atoms with Gasteiger partial charge in [0.15, 0.2) is 0 Å². The summed E-state index contributed by atoms with van der Waals surface area (Å²) in [5.41, 5.74) is 6.73. The quantitative estimate of drug-likeness (QED) is 0.570. The van der Waals surface area contributed by atoms with Crippen LogP contribution in [0.15, 0.2) is 71.8 Å². The molecule has 1 N–H and O–H groups in total. The number of nitrogens with one attached hydrogen (secondary N) is 1. The monoisotopic (exact) mass is 261 g/mol. The van der Waals surface area contributed by atoms with E-state index in [-0.39, 0.29) is 0 Å². The van der Waals surface area contributed by atoms with Crippen LogP contribution in [0.5, 0.6) is 0 Å². The van der Waals surface area contributed by atoms with Gasteiger partial charge in [-0.3, -0.25) is 5.43 Å². The molecule has 0 spiro atoms. The molecular formula is C17H15N3. The van der Waals surface area contributed by atoms with E-state index in [1.165, 1.54) is 0 Å². The Hall–Kier alpha value is -2.68. The minimum atomic E-state index is 0.861. The first kappa shape index (κ1) is 12.4. The van der Waals surface area contributed by atoms with Crippen LogP contribution in [0.1, 0.15) is 12.6 Å².